The third kappa shape index (κ3) is 2.85. The Morgan fingerprint density at radius 3 is 1.74 bits per heavy atom. The highest BCUT2D eigenvalue weighted by Crippen LogP contribution is 2.38. The smallest absolute Gasteiger partial charge is 0.116 e. The third-order valence-corrected chi connectivity index (χ3v) is 7.45. The monoisotopic (exact) mass is 494 g/mol. The Labute approximate surface area is 216 Å². The van der Waals surface area contributed by atoms with Crippen LogP contribution in [0.25, 0.3) is 76.5 Å². The molecule has 4 aromatic heterocycles. The van der Waals surface area contributed by atoms with Crippen molar-refractivity contribution in [1.29, 1.82) is 0 Å². The number of aryl methyl sites for hydroxylation is 1. The second-order valence-corrected chi connectivity index (χ2v) is 10.1. The summed E-state index contributed by atoms with van der Waals surface area (Å²) in [7, 11) is 0. The molecule has 4 heterocycles. The number of imidazole rings is 2. The fraction of sp³-hybridized carbons (Fsp3) is 0.133. The predicted octanol–water partition coefficient (Wildman–Crippen LogP) is 6.73. The maximum atomic E-state index is 4.96. The number of aromatic nitrogens is 8. The van der Waals surface area contributed by atoms with E-state index in [0.29, 0.717) is 0 Å². The molecule has 8 aromatic rings. The van der Waals surface area contributed by atoms with Gasteiger partial charge < -0.3 is 9.97 Å². The highest BCUT2D eigenvalue weighted by atomic mass is 14.9. The first-order valence-corrected chi connectivity index (χ1v) is 12.6. The minimum atomic E-state index is 0.287. The lowest BCUT2D eigenvalue weighted by Gasteiger charge is -2.10. The number of aromatic amines is 2. The van der Waals surface area contributed by atoms with Gasteiger partial charge in [-0.3, -0.25) is 0 Å². The Balaban J connectivity index is 1.42. The largest absolute Gasteiger partial charge is 0.340 e. The zero-order chi connectivity index (χ0) is 25.5. The van der Waals surface area contributed by atoms with Gasteiger partial charge in [-0.2, -0.15) is 0 Å². The van der Waals surface area contributed by atoms with E-state index in [9.17, 15) is 0 Å². The van der Waals surface area contributed by atoms with E-state index in [1.807, 2.05) is 19.3 Å². The summed E-state index contributed by atoms with van der Waals surface area (Å²) in [6, 6.07) is 13.1. The number of fused-ring (bicyclic) bond motifs is 12. The van der Waals surface area contributed by atoms with E-state index in [2.05, 4.69) is 80.1 Å². The van der Waals surface area contributed by atoms with Crippen LogP contribution in [-0.2, 0) is 0 Å². The molecule has 0 fully saturated rings. The molecule has 0 amide bonds. The van der Waals surface area contributed by atoms with E-state index in [0.717, 1.165) is 88.2 Å². The van der Waals surface area contributed by atoms with Crippen molar-refractivity contribution >= 4 is 65.4 Å². The fourth-order valence-electron chi connectivity index (χ4n) is 5.65. The van der Waals surface area contributed by atoms with Crippen molar-refractivity contribution in [1.82, 2.24) is 39.9 Å². The van der Waals surface area contributed by atoms with Gasteiger partial charge >= 0.3 is 0 Å². The van der Waals surface area contributed by atoms with Crippen LogP contribution in [0.2, 0.25) is 0 Å². The molecule has 2 N–H and O–H groups in total. The van der Waals surface area contributed by atoms with Crippen LogP contribution in [0.1, 0.15) is 31.4 Å². The van der Waals surface area contributed by atoms with E-state index in [4.69, 9.17) is 9.97 Å². The van der Waals surface area contributed by atoms with Crippen molar-refractivity contribution in [2.45, 2.75) is 26.7 Å². The van der Waals surface area contributed by atoms with Crippen LogP contribution in [0.5, 0.6) is 0 Å². The van der Waals surface area contributed by atoms with Crippen molar-refractivity contribution in [2.75, 3.05) is 0 Å². The van der Waals surface area contributed by atoms with Gasteiger partial charge in [0.25, 0.3) is 0 Å². The Kier molecular flexibility index (Phi) is 4.18. The van der Waals surface area contributed by atoms with Crippen LogP contribution in [0.15, 0.2) is 61.4 Å². The Hall–Kier alpha value is -4.98. The van der Waals surface area contributed by atoms with Crippen molar-refractivity contribution in [3.63, 3.8) is 0 Å². The standard InChI is InChI=1S/C30H22N8/c1-14(2)30-37-27-19-7-5-17(9-21(19)23-11-32-13-34-25(23)29(27)38-30)16-4-6-18-20(8-16)22-10-31-12-33-24(22)28-26(18)35-15(3)36-28/h4-14H,1-3H3,(H,35,36)(H,37,38). The maximum absolute atomic E-state index is 4.96. The van der Waals surface area contributed by atoms with Gasteiger partial charge in [0, 0.05) is 39.9 Å². The molecule has 0 aliphatic heterocycles. The SMILES string of the molecule is Cc1nc2c3ccc(-c4ccc5c(c4)c4cncnc4c4[nH]c(C(C)C)nc54)cc3c3cncnc3c2[nH]1. The van der Waals surface area contributed by atoms with E-state index in [1.54, 1.807) is 12.7 Å². The lowest BCUT2D eigenvalue weighted by atomic mass is 9.95. The van der Waals surface area contributed by atoms with E-state index < -0.39 is 0 Å². The summed E-state index contributed by atoms with van der Waals surface area (Å²) in [5.74, 6) is 2.11. The summed E-state index contributed by atoms with van der Waals surface area (Å²) in [6.45, 7) is 6.25. The molecule has 0 bridgehead atoms. The van der Waals surface area contributed by atoms with Gasteiger partial charge in [0.05, 0.1) is 33.1 Å². The van der Waals surface area contributed by atoms with Gasteiger partial charge in [-0.1, -0.05) is 38.1 Å². The molecule has 4 aromatic carbocycles. The predicted molar refractivity (Wildman–Crippen MR) is 151 cm³/mol. The number of hydrogen-bond acceptors (Lipinski definition) is 6. The molecule has 0 saturated heterocycles. The van der Waals surface area contributed by atoms with Gasteiger partial charge in [-0.05, 0) is 41.0 Å². The average Bonchev–Trinajstić information content (AvgIpc) is 3.58. The van der Waals surface area contributed by atoms with Crippen molar-refractivity contribution in [3.05, 3.63) is 73.1 Å². The van der Waals surface area contributed by atoms with Gasteiger partial charge in [0.2, 0.25) is 0 Å². The number of nitrogens with one attached hydrogen (secondary N) is 2. The highest BCUT2D eigenvalue weighted by molar-refractivity contribution is 6.24. The molecular formula is C30H22N8. The first kappa shape index (κ1) is 21.1. The van der Waals surface area contributed by atoms with Crippen molar-refractivity contribution < 1.29 is 0 Å². The molecule has 182 valence electrons. The molecule has 38 heavy (non-hydrogen) atoms. The summed E-state index contributed by atoms with van der Waals surface area (Å²) in [5, 5.41) is 6.33. The Morgan fingerprint density at radius 2 is 1.16 bits per heavy atom. The van der Waals surface area contributed by atoms with E-state index in [1.165, 1.54) is 0 Å². The molecule has 0 aliphatic rings. The Bertz CT molecular complexity index is 2240. The maximum Gasteiger partial charge on any atom is 0.116 e. The summed E-state index contributed by atoms with van der Waals surface area (Å²) in [5.41, 5.74) is 7.75. The molecule has 8 nitrogen and oxygen atoms in total. The zero-order valence-corrected chi connectivity index (χ0v) is 21.0. The van der Waals surface area contributed by atoms with Crippen LogP contribution >= 0.6 is 0 Å². The summed E-state index contributed by atoms with van der Waals surface area (Å²) in [6.07, 6.45) is 6.97. The highest BCUT2D eigenvalue weighted by Gasteiger charge is 2.17. The van der Waals surface area contributed by atoms with Gasteiger partial charge in [-0.25, -0.2) is 29.9 Å². The zero-order valence-electron chi connectivity index (χ0n) is 21.0. The second-order valence-electron chi connectivity index (χ2n) is 10.1. The summed E-state index contributed by atoms with van der Waals surface area (Å²) >= 11 is 0. The second kappa shape index (κ2) is 7.52. The molecular weight excluding hydrogens is 472 g/mol. The lowest BCUT2D eigenvalue weighted by molar-refractivity contribution is 0.799. The van der Waals surface area contributed by atoms with Gasteiger partial charge in [-0.15, -0.1) is 0 Å². The van der Waals surface area contributed by atoms with Crippen molar-refractivity contribution in [2.24, 2.45) is 0 Å². The quantitative estimate of drug-likeness (QED) is 0.258. The number of rotatable bonds is 2. The summed E-state index contributed by atoms with van der Waals surface area (Å²) in [4.78, 5) is 34.5. The normalized spacial score (nSPS) is 12.3. The van der Waals surface area contributed by atoms with E-state index >= 15 is 0 Å². The van der Waals surface area contributed by atoms with Crippen LogP contribution in [-0.4, -0.2) is 39.9 Å². The third-order valence-electron chi connectivity index (χ3n) is 7.45. The lowest BCUT2D eigenvalue weighted by Crippen LogP contribution is -1.89. The Morgan fingerprint density at radius 1 is 0.605 bits per heavy atom. The van der Waals surface area contributed by atoms with Crippen LogP contribution in [0, 0.1) is 6.92 Å². The van der Waals surface area contributed by atoms with Gasteiger partial charge in [0.15, 0.2) is 0 Å². The molecule has 0 spiro atoms. The summed E-state index contributed by atoms with van der Waals surface area (Å²) < 4.78 is 0. The molecule has 0 radical (unpaired) electrons. The van der Waals surface area contributed by atoms with Crippen LogP contribution in [0.4, 0.5) is 0 Å². The van der Waals surface area contributed by atoms with Crippen LogP contribution in [0.3, 0.4) is 0 Å². The molecule has 0 aliphatic carbocycles. The number of H-pyrrole nitrogens is 2. The topological polar surface area (TPSA) is 109 Å². The first-order valence-electron chi connectivity index (χ1n) is 12.6. The molecule has 8 heteroatoms. The number of hydrogen-bond donors (Lipinski definition) is 2. The minimum Gasteiger partial charge on any atom is -0.340 e. The fourth-order valence-corrected chi connectivity index (χ4v) is 5.65. The number of nitrogens with zero attached hydrogens (tertiary/aromatic N) is 6. The van der Waals surface area contributed by atoms with Crippen LogP contribution < -0.4 is 0 Å². The van der Waals surface area contributed by atoms with Gasteiger partial charge in [0.1, 0.15) is 24.3 Å². The molecule has 0 saturated carbocycles. The molecule has 8 rings (SSSR count). The minimum absolute atomic E-state index is 0.287. The average molecular weight is 495 g/mol. The first-order chi connectivity index (χ1) is 18.6. The molecule has 0 atom stereocenters. The van der Waals surface area contributed by atoms with E-state index in [-0.39, 0.29) is 5.92 Å². The van der Waals surface area contributed by atoms with Crippen molar-refractivity contribution in [3.8, 4) is 11.1 Å². The molecule has 0 unspecified atom stereocenters. The number of benzene rings is 4.